The highest BCUT2D eigenvalue weighted by Crippen LogP contribution is 2.68. The third-order valence-corrected chi connectivity index (χ3v) is 9.18. The minimum atomic E-state index is -0.350. The predicted octanol–water partition coefficient (Wildman–Crippen LogP) is 7.91. The van der Waals surface area contributed by atoms with Crippen LogP contribution in [0.5, 0.6) is 11.5 Å². The number of hydrogen-bond acceptors (Lipinski definition) is 6. The Morgan fingerprint density at radius 2 is 1.74 bits per heavy atom. The van der Waals surface area contributed by atoms with Crippen molar-refractivity contribution in [1.29, 1.82) is 0 Å². The molecule has 2 aromatic rings. The summed E-state index contributed by atoms with van der Waals surface area (Å²) in [6, 6.07) is 15.5. The fourth-order valence-corrected chi connectivity index (χ4v) is 6.66. The van der Waals surface area contributed by atoms with Gasteiger partial charge in [-0.05, 0) is 106 Å². The van der Waals surface area contributed by atoms with E-state index in [1.165, 1.54) is 11.6 Å². The maximum Gasteiger partial charge on any atom is 0.331 e. The number of carbonyl (C=O) groups excluding carboxylic acids is 1. The maximum atomic E-state index is 12.9. The predicted molar refractivity (Wildman–Crippen MR) is 164 cm³/mol. The van der Waals surface area contributed by atoms with Crippen LogP contribution in [0.4, 0.5) is 0 Å². The zero-order valence-electron chi connectivity index (χ0n) is 25.9. The molecular weight excluding hydrogens is 528 g/mol. The molecule has 0 radical (unpaired) electrons. The van der Waals surface area contributed by atoms with Gasteiger partial charge in [-0.25, -0.2) is 4.79 Å². The van der Waals surface area contributed by atoms with E-state index in [0.29, 0.717) is 12.5 Å². The molecule has 0 aromatic heterocycles. The smallest absolute Gasteiger partial charge is 0.331 e. The first-order valence-electron chi connectivity index (χ1n) is 15.3. The van der Waals surface area contributed by atoms with Crippen LogP contribution in [-0.2, 0) is 30.3 Å². The summed E-state index contributed by atoms with van der Waals surface area (Å²) in [5.74, 6) is 1.97. The summed E-state index contributed by atoms with van der Waals surface area (Å²) in [5, 5.41) is 0. The lowest BCUT2D eigenvalue weighted by Crippen LogP contribution is -2.53. The topological polar surface area (TPSA) is 66.5 Å². The molecule has 42 heavy (non-hydrogen) atoms. The van der Waals surface area contributed by atoms with Gasteiger partial charge in [0, 0.05) is 19.1 Å². The van der Waals surface area contributed by atoms with E-state index >= 15 is 0 Å². The van der Waals surface area contributed by atoms with Gasteiger partial charge in [-0.2, -0.15) is 0 Å². The Kier molecular flexibility index (Phi) is 9.26. The Hall–Kier alpha value is -2.93. The van der Waals surface area contributed by atoms with Crippen molar-refractivity contribution in [1.82, 2.24) is 0 Å². The van der Waals surface area contributed by atoms with Gasteiger partial charge in [0.25, 0.3) is 0 Å². The summed E-state index contributed by atoms with van der Waals surface area (Å²) in [4.78, 5) is 12.9. The van der Waals surface area contributed by atoms with Crippen LogP contribution in [0.25, 0.3) is 6.08 Å². The summed E-state index contributed by atoms with van der Waals surface area (Å²) in [6.45, 7) is 12.1. The SMILES string of the molecule is CO[C@H]1C([C@]2(C)CC2CC=C(C)C)[C@]2(CC[C@H]1OC(=O)/C=C/c1ccc(Oc3ccc(COC(C)C)cc3)cc1)CO2. The second-order valence-electron chi connectivity index (χ2n) is 13.0. The molecule has 2 saturated carbocycles. The summed E-state index contributed by atoms with van der Waals surface area (Å²) in [5.41, 5.74) is 3.37. The minimum Gasteiger partial charge on any atom is -0.457 e. The number of epoxide rings is 1. The van der Waals surface area contributed by atoms with Gasteiger partial charge in [0.2, 0.25) is 0 Å². The number of carbonyl (C=O) groups is 1. The molecule has 0 N–H and O–H groups in total. The van der Waals surface area contributed by atoms with Gasteiger partial charge < -0.3 is 23.7 Å². The van der Waals surface area contributed by atoms with E-state index in [2.05, 4.69) is 26.8 Å². The monoisotopic (exact) mass is 574 g/mol. The van der Waals surface area contributed by atoms with Crippen molar-refractivity contribution in [3.8, 4) is 11.5 Å². The third-order valence-electron chi connectivity index (χ3n) is 9.18. The zero-order valence-corrected chi connectivity index (χ0v) is 25.9. The van der Waals surface area contributed by atoms with Crippen molar-refractivity contribution in [2.24, 2.45) is 17.3 Å². The number of esters is 1. The lowest BCUT2D eigenvalue weighted by Gasteiger charge is -2.44. The molecule has 5 rings (SSSR count). The molecule has 6 heteroatoms. The quantitative estimate of drug-likeness (QED) is 0.111. The highest BCUT2D eigenvalue weighted by atomic mass is 16.6. The van der Waals surface area contributed by atoms with Gasteiger partial charge in [-0.15, -0.1) is 0 Å². The molecule has 0 amide bonds. The van der Waals surface area contributed by atoms with Crippen molar-refractivity contribution in [3.05, 3.63) is 77.4 Å². The number of allylic oxidation sites excluding steroid dienone is 2. The molecule has 1 saturated heterocycles. The highest BCUT2D eigenvalue weighted by Gasteiger charge is 2.70. The van der Waals surface area contributed by atoms with E-state index in [-0.39, 0.29) is 41.2 Å². The van der Waals surface area contributed by atoms with Crippen LogP contribution in [0.15, 0.2) is 66.3 Å². The fourth-order valence-electron chi connectivity index (χ4n) is 6.66. The Morgan fingerprint density at radius 1 is 1.07 bits per heavy atom. The Labute approximate surface area is 251 Å². The molecule has 1 aliphatic heterocycles. The molecule has 1 heterocycles. The average molecular weight is 575 g/mol. The lowest BCUT2D eigenvalue weighted by atomic mass is 9.67. The van der Waals surface area contributed by atoms with Gasteiger partial charge in [0.1, 0.15) is 23.7 Å². The second kappa shape index (κ2) is 12.7. The van der Waals surface area contributed by atoms with Crippen LogP contribution in [0.3, 0.4) is 0 Å². The Morgan fingerprint density at radius 3 is 2.33 bits per heavy atom. The van der Waals surface area contributed by atoms with Gasteiger partial charge in [0.05, 0.1) is 24.9 Å². The third kappa shape index (κ3) is 7.16. The van der Waals surface area contributed by atoms with E-state index in [4.69, 9.17) is 23.7 Å². The van der Waals surface area contributed by atoms with Crippen LogP contribution in [-0.4, -0.2) is 43.6 Å². The molecule has 2 unspecified atom stereocenters. The van der Waals surface area contributed by atoms with Crippen LogP contribution in [0.2, 0.25) is 0 Å². The first-order chi connectivity index (χ1) is 20.1. The highest BCUT2D eigenvalue weighted by molar-refractivity contribution is 5.87. The molecule has 2 aliphatic carbocycles. The summed E-state index contributed by atoms with van der Waals surface area (Å²) < 4.78 is 29.8. The van der Waals surface area contributed by atoms with Crippen LogP contribution in [0.1, 0.15) is 71.4 Å². The average Bonchev–Trinajstić information content (AvgIpc) is 3.88. The number of ether oxygens (including phenoxy) is 5. The Bertz CT molecular complexity index is 1270. The van der Waals surface area contributed by atoms with Gasteiger partial charge in [-0.3, -0.25) is 0 Å². The van der Waals surface area contributed by atoms with Crippen LogP contribution in [0, 0.1) is 17.3 Å². The molecule has 3 aliphatic rings. The number of rotatable bonds is 12. The number of methoxy groups -OCH3 is 1. The van der Waals surface area contributed by atoms with Crippen molar-refractivity contribution in [2.75, 3.05) is 13.7 Å². The zero-order chi connectivity index (χ0) is 29.9. The molecule has 1 spiro atoms. The van der Waals surface area contributed by atoms with Crippen molar-refractivity contribution in [2.45, 2.75) is 90.8 Å². The van der Waals surface area contributed by atoms with E-state index in [1.807, 2.05) is 62.4 Å². The van der Waals surface area contributed by atoms with Gasteiger partial charge in [0.15, 0.2) is 0 Å². The molecule has 226 valence electrons. The van der Waals surface area contributed by atoms with Gasteiger partial charge >= 0.3 is 5.97 Å². The maximum absolute atomic E-state index is 12.9. The van der Waals surface area contributed by atoms with Gasteiger partial charge in [-0.1, -0.05) is 42.8 Å². The largest absolute Gasteiger partial charge is 0.457 e. The second-order valence-corrected chi connectivity index (χ2v) is 13.0. The lowest BCUT2D eigenvalue weighted by molar-refractivity contribution is -0.167. The van der Waals surface area contributed by atoms with Crippen molar-refractivity contribution < 1.29 is 28.5 Å². The van der Waals surface area contributed by atoms with E-state index in [0.717, 1.165) is 54.9 Å². The van der Waals surface area contributed by atoms with Crippen molar-refractivity contribution in [3.63, 3.8) is 0 Å². The standard InChI is InChI=1S/C36H46O6/c1-24(2)7-13-28-21-35(28,5)34-33(38-6)31(19-20-36(34)23-40-36)42-32(37)18-12-26-8-14-29(15-9-26)41-30-16-10-27(11-17-30)22-39-25(3)4/h7-12,14-18,25,28,31,33-34H,13,19-23H2,1-6H3/b18-12+/t28?,31-,33-,34?,35-,36+/m1/s1. The summed E-state index contributed by atoms with van der Waals surface area (Å²) >= 11 is 0. The first kappa shape index (κ1) is 30.5. The normalized spacial score (nSPS) is 30.0. The summed E-state index contributed by atoms with van der Waals surface area (Å²) in [7, 11) is 1.74. The summed E-state index contributed by atoms with van der Waals surface area (Å²) in [6.07, 6.45) is 9.25. The minimum absolute atomic E-state index is 0.123. The van der Waals surface area contributed by atoms with E-state index in [1.54, 1.807) is 13.2 Å². The molecule has 2 aromatic carbocycles. The van der Waals surface area contributed by atoms with Crippen molar-refractivity contribution >= 4 is 12.0 Å². The van der Waals surface area contributed by atoms with E-state index in [9.17, 15) is 4.79 Å². The van der Waals surface area contributed by atoms with Crippen LogP contribution >= 0.6 is 0 Å². The fraction of sp³-hybridized carbons (Fsp3) is 0.528. The number of hydrogen-bond donors (Lipinski definition) is 0. The number of benzene rings is 2. The molecular formula is C36H46O6. The van der Waals surface area contributed by atoms with Crippen LogP contribution < -0.4 is 4.74 Å². The van der Waals surface area contributed by atoms with E-state index < -0.39 is 0 Å². The Balaban J connectivity index is 1.16. The first-order valence-corrected chi connectivity index (χ1v) is 15.3. The molecule has 0 bridgehead atoms. The molecule has 6 atom stereocenters. The molecule has 3 fully saturated rings. The molecule has 6 nitrogen and oxygen atoms in total.